The van der Waals surface area contributed by atoms with Crippen LogP contribution in [0.4, 0.5) is 5.13 Å². The second-order valence-corrected chi connectivity index (χ2v) is 7.19. The quantitative estimate of drug-likeness (QED) is 0.881. The van der Waals surface area contributed by atoms with Crippen molar-refractivity contribution in [2.24, 2.45) is 5.92 Å². The average molecular weight is 362 g/mol. The summed E-state index contributed by atoms with van der Waals surface area (Å²) in [6, 6.07) is 3.26. The first kappa shape index (κ1) is 17.5. The van der Waals surface area contributed by atoms with Crippen LogP contribution in [0.3, 0.4) is 0 Å². The normalized spacial score (nSPS) is 16.1. The van der Waals surface area contributed by atoms with E-state index in [0.717, 1.165) is 25.0 Å². The van der Waals surface area contributed by atoms with Crippen LogP contribution in [0.5, 0.6) is 17.2 Å². The zero-order chi connectivity index (χ0) is 18.0. The summed E-state index contributed by atoms with van der Waals surface area (Å²) in [4.78, 5) is 18.5. The summed E-state index contributed by atoms with van der Waals surface area (Å²) in [5, 5.41) is 3.52. The molecule has 0 aliphatic heterocycles. The van der Waals surface area contributed by atoms with Crippen molar-refractivity contribution < 1.29 is 19.0 Å². The SMILES string of the molecule is COc1cc(C(=O)Nc2nc3c(s2)C[C@H](C)CC3)cc(OC)c1OC. The van der Waals surface area contributed by atoms with E-state index in [0.29, 0.717) is 33.9 Å². The fourth-order valence-corrected chi connectivity index (χ4v) is 4.14. The molecule has 0 bridgehead atoms. The number of anilines is 1. The Morgan fingerprint density at radius 1 is 1.20 bits per heavy atom. The summed E-state index contributed by atoms with van der Waals surface area (Å²) >= 11 is 1.56. The molecule has 1 aliphatic rings. The van der Waals surface area contributed by atoms with Gasteiger partial charge in [0.2, 0.25) is 5.75 Å². The van der Waals surface area contributed by atoms with Crippen molar-refractivity contribution in [1.29, 1.82) is 0 Å². The first-order valence-electron chi connectivity index (χ1n) is 8.15. The number of aryl methyl sites for hydroxylation is 1. The van der Waals surface area contributed by atoms with Crippen molar-refractivity contribution >= 4 is 22.4 Å². The van der Waals surface area contributed by atoms with Crippen molar-refractivity contribution in [3.8, 4) is 17.2 Å². The highest BCUT2D eigenvalue weighted by Crippen LogP contribution is 2.38. The number of nitrogens with zero attached hydrogens (tertiary/aromatic N) is 1. The standard InChI is InChI=1S/C18H22N2O4S/c1-10-5-6-12-15(7-10)25-18(19-12)20-17(21)11-8-13(22-2)16(24-4)14(9-11)23-3/h8-10H,5-7H2,1-4H3,(H,19,20,21)/t10-/m1/s1. The number of ether oxygens (including phenoxy) is 3. The predicted octanol–water partition coefficient (Wildman–Crippen LogP) is 3.55. The molecule has 1 amide bonds. The summed E-state index contributed by atoms with van der Waals surface area (Å²) < 4.78 is 15.9. The van der Waals surface area contributed by atoms with Crippen LogP contribution in [0.25, 0.3) is 0 Å². The first-order chi connectivity index (χ1) is 12.0. The number of fused-ring (bicyclic) bond motifs is 1. The Bertz CT molecular complexity index is 762. The Morgan fingerprint density at radius 2 is 1.88 bits per heavy atom. The highest BCUT2D eigenvalue weighted by molar-refractivity contribution is 7.15. The maximum Gasteiger partial charge on any atom is 0.257 e. The first-order valence-corrected chi connectivity index (χ1v) is 8.97. The number of carbonyl (C=O) groups is 1. The number of hydrogen-bond donors (Lipinski definition) is 1. The zero-order valence-corrected chi connectivity index (χ0v) is 15.7. The van der Waals surface area contributed by atoms with E-state index in [1.54, 1.807) is 23.5 Å². The second-order valence-electron chi connectivity index (χ2n) is 6.10. The molecular formula is C18H22N2O4S. The molecule has 7 heteroatoms. The molecule has 1 aromatic heterocycles. The maximum atomic E-state index is 12.6. The van der Waals surface area contributed by atoms with Crippen LogP contribution in [0.1, 0.15) is 34.3 Å². The van der Waals surface area contributed by atoms with E-state index in [2.05, 4.69) is 17.2 Å². The summed E-state index contributed by atoms with van der Waals surface area (Å²) in [5.74, 6) is 1.77. The van der Waals surface area contributed by atoms with Gasteiger partial charge in [-0.25, -0.2) is 4.98 Å². The van der Waals surface area contributed by atoms with Gasteiger partial charge in [0.05, 0.1) is 27.0 Å². The number of carbonyl (C=O) groups excluding carboxylic acids is 1. The molecular weight excluding hydrogens is 340 g/mol. The van der Waals surface area contributed by atoms with Gasteiger partial charge in [-0.1, -0.05) is 6.92 Å². The van der Waals surface area contributed by atoms with Gasteiger partial charge < -0.3 is 14.2 Å². The van der Waals surface area contributed by atoms with Gasteiger partial charge in [-0.15, -0.1) is 11.3 Å². The Labute approximate surface area is 151 Å². The van der Waals surface area contributed by atoms with E-state index in [-0.39, 0.29) is 5.91 Å². The largest absolute Gasteiger partial charge is 0.493 e. The Balaban J connectivity index is 1.84. The van der Waals surface area contributed by atoms with Crippen LogP contribution < -0.4 is 19.5 Å². The monoisotopic (exact) mass is 362 g/mol. The molecule has 0 unspecified atom stereocenters. The molecule has 6 nitrogen and oxygen atoms in total. The van der Waals surface area contributed by atoms with Gasteiger partial charge in [0.1, 0.15) is 0 Å². The van der Waals surface area contributed by atoms with Crippen molar-refractivity contribution in [3.63, 3.8) is 0 Å². The Kier molecular flexibility index (Phi) is 5.13. The van der Waals surface area contributed by atoms with E-state index in [1.807, 2.05) is 0 Å². The van der Waals surface area contributed by atoms with Gasteiger partial charge in [-0.05, 0) is 37.3 Å². The molecule has 2 aromatic rings. The molecule has 1 heterocycles. The number of thiazole rings is 1. The predicted molar refractivity (Wildman–Crippen MR) is 97.4 cm³/mol. The van der Waals surface area contributed by atoms with Crippen molar-refractivity contribution in [2.45, 2.75) is 26.2 Å². The molecule has 134 valence electrons. The smallest absolute Gasteiger partial charge is 0.257 e. The van der Waals surface area contributed by atoms with E-state index in [9.17, 15) is 4.79 Å². The number of hydrogen-bond acceptors (Lipinski definition) is 6. The number of aromatic nitrogens is 1. The molecule has 3 rings (SSSR count). The van der Waals surface area contributed by atoms with Crippen LogP contribution in [0.15, 0.2) is 12.1 Å². The molecule has 0 radical (unpaired) electrons. The third kappa shape index (κ3) is 3.56. The van der Waals surface area contributed by atoms with Gasteiger partial charge in [-0.3, -0.25) is 10.1 Å². The highest BCUT2D eigenvalue weighted by atomic mass is 32.1. The summed E-state index contributed by atoms with van der Waals surface area (Å²) in [5.41, 5.74) is 1.54. The van der Waals surface area contributed by atoms with E-state index >= 15 is 0 Å². The lowest BCUT2D eigenvalue weighted by Gasteiger charge is -2.15. The molecule has 0 spiro atoms. The van der Waals surface area contributed by atoms with E-state index < -0.39 is 0 Å². The molecule has 0 saturated heterocycles. The molecule has 0 saturated carbocycles. The topological polar surface area (TPSA) is 69.7 Å². The van der Waals surface area contributed by atoms with Crippen LogP contribution in [-0.2, 0) is 12.8 Å². The number of amides is 1. The number of rotatable bonds is 5. The van der Waals surface area contributed by atoms with Crippen molar-refractivity contribution in [1.82, 2.24) is 4.98 Å². The van der Waals surface area contributed by atoms with Gasteiger partial charge in [-0.2, -0.15) is 0 Å². The highest BCUT2D eigenvalue weighted by Gasteiger charge is 2.22. The van der Waals surface area contributed by atoms with Crippen LogP contribution in [0, 0.1) is 5.92 Å². The minimum Gasteiger partial charge on any atom is -0.493 e. The second kappa shape index (κ2) is 7.31. The lowest BCUT2D eigenvalue weighted by molar-refractivity contribution is 0.102. The van der Waals surface area contributed by atoms with E-state index in [4.69, 9.17) is 14.2 Å². The minimum absolute atomic E-state index is 0.251. The lowest BCUT2D eigenvalue weighted by atomic mass is 9.93. The summed E-state index contributed by atoms with van der Waals surface area (Å²) in [6.45, 7) is 2.25. The van der Waals surface area contributed by atoms with Gasteiger partial charge >= 0.3 is 0 Å². The third-order valence-electron chi connectivity index (χ3n) is 4.33. The fourth-order valence-electron chi connectivity index (χ4n) is 2.97. The van der Waals surface area contributed by atoms with Gasteiger partial charge in [0, 0.05) is 10.4 Å². The van der Waals surface area contributed by atoms with Crippen LogP contribution >= 0.6 is 11.3 Å². The number of nitrogens with one attached hydrogen (secondary N) is 1. The average Bonchev–Trinajstić information content (AvgIpc) is 3.01. The van der Waals surface area contributed by atoms with Crippen molar-refractivity contribution in [3.05, 3.63) is 28.3 Å². The van der Waals surface area contributed by atoms with Crippen molar-refractivity contribution in [2.75, 3.05) is 26.6 Å². The minimum atomic E-state index is -0.251. The van der Waals surface area contributed by atoms with Gasteiger partial charge in [0.25, 0.3) is 5.91 Å². The molecule has 25 heavy (non-hydrogen) atoms. The fraction of sp³-hybridized carbons (Fsp3) is 0.444. The molecule has 1 N–H and O–H groups in total. The molecule has 1 atom stereocenters. The number of benzene rings is 1. The lowest BCUT2D eigenvalue weighted by Crippen LogP contribution is -2.12. The summed E-state index contributed by atoms with van der Waals surface area (Å²) in [7, 11) is 4.57. The van der Waals surface area contributed by atoms with Crippen LogP contribution in [0.2, 0.25) is 0 Å². The van der Waals surface area contributed by atoms with E-state index in [1.165, 1.54) is 26.2 Å². The third-order valence-corrected chi connectivity index (χ3v) is 5.37. The Hall–Kier alpha value is -2.28. The summed E-state index contributed by atoms with van der Waals surface area (Å²) in [6.07, 6.45) is 3.16. The Morgan fingerprint density at radius 3 is 2.48 bits per heavy atom. The molecule has 1 aliphatic carbocycles. The van der Waals surface area contributed by atoms with Gasteiger partial charge in [0.15, 0.2) is 16.6 Å². The number of methoxy groups -OCH3 is 3. The zero-order valence-electron chi connectivity index (χ0n) is 14.8. The molecule has 0 fully saturated rings. The molecule has 1 aromatic carbocycles. The van der Waals surface area contributed by atoms with Crippen LogP contribution in [-0.4, -0.2) is 32.2 Å². The maximum absolute atomic E-state index is 12.6.